The Kier molecular flexibility index (Phi) is 11.4. The van der Waals surface area contributed by atoms with Gasteiger partial charge in [-0.3, -0.25) is 4.99 Å². The van der Waals surface area contributed by atoms with E-state index >= 15 is 0 Å². The average molecular weight is 381 g/mol. The maximum Gasteiger partial charge on any atom is 0.227 e. The number of rotatable bonds is 4. The molecule has 0 atom stereocenters. The zero-order valence-electron chi connectivity index (χ0n) is 15.7. The van der Waals surface area contributed by atoms with Crippen molar-refractivity contribution in [2.24, 2.45) is 10.7 Å². The van der Waals surface area contributed by atoms with Crippen molar-refractivity contribution in [3.05, 3.63) is 47.1 Å². The minimum atomic E-state index is -0.481. The molecule has 0 fully saturated rings. The van der Waals surface area contributed by atoms with Crippen molar-refractivity contribution in [3.63, 3.8) is 0 Å². The largest absolute Gasteiger partial charge is 0.403 e. The summed E-state index contributed by atoms with van der Waals surface area (Å²) < 4.78 is 14.0. The minimum absolute atomic E-state index is 0.192. The maximum absolute atomic E-state index is 14.0. The molecule has 0 aliphatic carbocycles. The molecule has 26 heavy (non-hydrogen) atoms. The summed E-state index contributed by atoms with van der Waals surface area (Å²) in [6.07, 6.45) is 4.18. The zero-order valence-corrected chi connectivity index (χ0v) is 16.5. The molecule has 2 rings (SSSR count). The molecule has 2 aromatic rings. The Hall–Kier alpha value is -2.67. The molecule has 0 saturated carbocycles. The number of nitrogen functional groups attached to an aromatic ring is 1. The van der Waals surface area contributed by atoms with Crippen LogP contribution in [0.25, 0.3) is 11.3 Å². The summed E-state index contributed by atoms with van der Waals surface area (Å²) in [5.41, 5.74) is 12.5. The number of aromatic nitrogens is 2. The van der Waals surface area contributed by atoms with Gasteiger partial charge in [-0.25, -0.2) is 14.4 Å². The fourth-order valence-corrected chi connectivity index (χ4v) is 1.92. The Morgan fingerprint density at radius 3 is 2.50 bits per heavy atom. The first-order valence-corrected chi connectivity index (χ1v) is 8.62. The van der Waals surface area contributed by atoms with Crippen LogP contribution < -0.4 is 16.8 Å². The van der Waals surface area contributed by atoms with Crippen LogP contribution in [0.4, 0.5) is 16.0 Å². The van der Waals surface area contributed by atoms with Crippen LogP contribution in [0.5, 0.6) is 0 Å². The fourth-order valence-electron chi connectivity index (χ4n) is 1.73. The molecule has 0 aliphatic heterocycles. The van der Waals surface area contributed by atoms with Gasteiger partial charge in [-0.1, -0.05) is 39.3 Å². The fraction of sp³-hybridized carbons (Fsp3) is 0.278. The average Bonchev–Trinajstić information content (AvgIpc) is 2.68. The van der Waals surface area contributed by atoms with Crippen LogP contribution in [-0.2, 0) is 0 Å². The third kappa shape index (κ3) is 6.68. The van der Waals surface area contributed by atoms with Gasteiger partial charge in [0, 0.05) is 30.7 Å². The second-order valence-corrected chi connectivity index (χ2v) is 4.67. The molecular weight excluding hydrogens is 355 g/mol. The maximum atomic E-state index is 14.0. The summed E-state index contributed by atoms with van der Waals surface area (Å²) in [5, 5.41) is 3.06. The lowest BCUT2D eigenvalue weighted by molar-refractivity contribution is 0.631. The van der Waals surface area contributed by atoms with E-state index in [2.05, 4.69) is 20.3 Å². The molecule has 0 amide bonds. The van der Waals surface area contributed by atoms with Crippen molar-refractivity contribution in [1.29, 1.82) is 0 Å². The number of hydrogen-bond acceptors (Lipinski definition) is 6. The Labute approximate surface area is 159 Å². The molecule has 0 aliphatic rings. The number of nitrogens with two attached hydrogens (primary N) is 2. The Morgan fingerprint density at radius 1 is 1.27 bits per heavy atom. The highest BCUT2D eigenvalue weighted by Crippen LogP contribution is 2.29. The third-order valence-corrected chi connectivity index (χ3v) is 2.97. The summed E-state index contributed by atoms with van der Waals surface area (Å²) in [7, 11) is 1.60. The monoisotopic (exact) mass is 380 g/mol. The van der Waals surface area contributed by atoms with Crippen LogP contribution in [0.2, 0.25) is 5.02 Å². The van der Waals surface area contributed by atoms with Gasteiger partial charge in [0.05, 0.1) is 22.6 Å². The second kappa shape index (κ2) is 12.7. The molecule has 1 aromatic heterocycles. The van der Waals surface area contributed by atoms with Crippen LogP contribution in [0, 0.1) is 5.82 Å². The topological polar surface area (TPSA) is 102 Å². The number of anilines is 2. The third-order valence-electron chi connectivity index (χ3n) is 2.69. The molecule has 0 saturated heterocycles. The number of nitrogens with one attached hydrogen (secondary N) is 1. The highest BCUT2D eigenvalue weighted by atomic mass is 35.5. The second-order valence-electron chi connectivity index (χ2n) is 4.26. The molecule has 5 N–H and O–H groups in total. The van der Waals surface area contributed by atoms with Crippen molar-refractivity contribution >= 4 is 29.5 Å². The molecule has 6 nitrogen and oxygen atoms in total. The molecule has 1 aromatic carbocycles. The highest BCUT2D eigenvalue weighted by molar-refractivity contribution is 6.32. The molecular formula is C18H26ClFN6. The molecule has 0 radical (unpaired) electrons. The van der Waals surface area contributed by atoms with E-state index in [-0.39, 0.29) is 22.2 Å². The number of benzene rings is 1. The van der Waals surface area contributed by atoms with E-state index < -0.39 is 5.82 Å². The van der Waals surface area contributed by atoms with Gasteiger partial charge in [-0.15, -0.1) is 0 Å². The number of nitrogens with zero attached hydrogens (tertiary/aromatic N) is 3. The number of halogens is 2. The van der Waals surface area contributed by atoms with Gasteiger partial charge in [0.1, 0.15) is 5.82 Å². The van der Waals surface area contributed by atoms with Crippen LogP contribution in [0.1, 0.15) is 27.7 Å². The van der Waals surface area contributed by atoms with E-state index in [1.165, 1.54) is 36.8 Å². The summed E-state index contributed by atoms with van der Waals surface area (Å²) in [5.74, 6) is -0.275. The smallest absolute Gasteiger partial charge is 0.227 e. The van der Waals surface area contributed by atoms with E-state index in [4.69, 9.17) is 23.1 Å². The lowest BCUT2D eigenvalue weighted by Gasteiger charge is -2.09. The lowest BCUT2D eigenvalue weighted by Crippen LogP contribution is -2.07. The molecule has 142 valence electrons. The molecule has 1 heterocycles. The summed E-state index contributed by atoms with van der Waals surface area (Å²) in [4.78, 5) is 12.1. The molecule has 8 heteroatoms. The quantitative estimate of drug-likeness (QED) is 0.536. The zero-order chi connectivity index (χ0) is 20.1. The summed E-state index contributed by atoms with van der Waals surface area (Å²) in [6.45, 7) is 8.00. The SMILES string of the molecule is CC.CC.CN=C/C(=C\N)Nc1ncc(Cl)c(-c2cc(N)ccc2F)n1. The number of aliphatic imine (C=N–C) groups is 1. The van der Waals surface area contributed by atoms with Gasteiger partial charge in [0.25, 0.3) is 0 Å². The van der Waals surface area contributed by atoms with E-state index in [0.717, 1.165) is 0 Å². The molecule has 0 bridgehead atoms. The predicted molar refractivity (Wildman–Crippen MR) is 110 cm³/mol. The van der Waals surface area contributed by atoms with Gasteiger partial charge in [0.2, 0.25) is 5.95 Å². The standard InChI is InChI=1S/C14H14ClFN6.2C2H6/c1-19-6-9(5-17)21-14-20-7-11(15)13(22-14)10-4-8(18)2-3-12(10)16;2*1-2/h2-7H,17-18H2,1H3,(H,20,21,22);2*1-2H3/b9-5+,19-6?;;. The first kappa shape index (κ1) is 23.3. The van der Waals surface area contributed by atoms with Crippen molar-refractivity contribution in [3.8, 4) is 11.3 Å². The number of hydrogen-bond donors (Lipinski definition) is 3. The van der Waals surface area contributed by atoms with Crippen molar-refractivity contribution in [2.75, 3.05) is 18.1 Å². The predicted octanol–water partition coefficient (Wildman–Crippen LogP) is 4.48. The van der Waals surface area contributed by atoms with Crippen LogP contribution in [0.3, 0.4) is 0 Å². The van der Waals surface area contributed by atoms with Crippen molar-refractivity contribution in [1.82, 2.24) is 9.97 Å². The normalized spacial score (nSPS) is 10.5. The van der Waals surface area contributed by atoms with Gasteiger partial charge in [0.15, 0.2) is 0 Å². The van der Waals surface area contributed by atoms with Crippen LogP contribution in [-0.4, -0.2) is 23.2 Å². The first-order valence-electron chi connectivity index (χ1n) is 8.24. The number of allylic oxidation sites excluding steroid dienone is 1. The van der Waals surface area contributed by atoms with E-state index in [9.17, 15) is 4.39 Å². The Bertz CT molecular complexity index is 746. The summed E-state index contributed by atoms with van der Waals surface area (Å²) in [6, 6.07) is 4.17. The Balaban J connectivity index is 0.00000146. The van der Waals surface area contributed by atoms with E-state index in [1.807, 2.05) is 27.7 Å². The van der Waals surface area contributed by atoms with Gasteiger partial charge < -0.3 is 16.8 Å². The Morgan fingerprint density at radius 2 is 1.92 bits per heavy atom. The van der Waals surface area contributed by atoms with Gasteiger partial charge >= 0.3 is 0 Å². The van der Waals surface area contributed by atoms with E-state index in [0.29, 0.717) is 11.4 Å². The van der Waals surface area contributed by atoms with Crippen molar-refractivity contribution < 1.29 is 4.39 Å². The lowest BCUT2D eigenvalue weighted by atomic mass is 10.1. The van der Waals surface area contributed by atoms with Crippen LogP contribution >= 0.6 is 11.6 Å². The summed E-state index contributed by atoms with van der Waals surface area (Å²) >= 11 is 6.06. The molecule has 0 spiro atoms. The van der Waals surface area contributed by atoms with Crippen molar-refractivity contribution in [2.45, 2.75) is 27.7 Å². The minimum Gasteiger partial charge on any atom is -0.403 e. The van der Waals surface area contributed by atoms with E-state index in [1.54, 1.807) is 7.05 Å². The first-order chi connectivity index (χ1) is 12.5. The molecule has 0 unspecified atom stereocenters. The van der Waals surface area contributed by atoms with Crippen LogP contribution in [0.15, 0.2) is 41.3 Å². The highest BCUT2D eigenvalue weighted by Gasteiger charge is 2.13. The van der Waals surface area contributed by atoms with Gasteiger partial charge in [-0.2, -0.15) is 0 Å². The van der Waals surface area contributed by atoms with Gasteiger partial charge in [-0.05, 0) is 18.2 Å².